The van der Waals surface area contributed by atoms with E-state index in [9.17, 15) is 9.46 Å². The molecule has 17 heavy (non-hydrogen) atoms. The Labute approximate surface area is 101 Å². The van der Waals surface area contributed by atoms with Gasteiger partial charge in [0.1, 0.15) is 0 Å². The van der Waals surface area contributed by atoms with E-state index in [1.165, 1.54) is 0 Å². The molecule has 4 heteroatoms. The fourth-order valence-electron chi connectivity index (χ4n) is 1.59. The molecule has 3 nitrogen and oxygen atoms in total. The Balaban J connectivity index is 2.23. The van der Waals surface area contributed by atoms with Crippen LogP contribution in [0.15, 0.2) is 60.7 Å². The molecule has 0 fully saturated rings. The van der Waals surface area contributed by atoms with Crippen molar-refractivity contribution in [3.05, 3.63) is 66.2 Å². The van der Waals surface area contributed by atoms with E-state index < -0.39 is 13.8 Å². The van der Waals surface area contributed by atoms with Crippen LogP contribution in [0, 0.1) is 0 Å². The van der Waals surface area contributed by atoms with Crippen LogP contribution in [0.1, 0.15) is 11.3 Å². The van der Waals surface area contributed by atoms with Crippen molar-refractivity contribution in [2.24, 2.45) is 0 Å². The van der Waals surface area contributed by atoms with Crippen LogP contribution in [0.5, 0.6) is 0 Å². The lowest BCUT2D eigenvalue weighted by Crippen LogP contribution is -2.06. The van der Waals surface area contributed by atoms with E-state index in [1.54, 1.807) is 0 Å². The van der Waals surface area contributed by atoms with Crippen molar-refractivity contribution in [2.45, 2.75) is 5.78 Å². The Morgan fingerprint density at radius 1 is 0.941 bits per heavy atom. The molecule has 0 aliphatic heterocycles. The minimum Gasteiger partial charge on any atom is -0.336 e. The van der Waals surface area contributed by atoms with Gasteiger partial charge in [-0.2, -0.15) is 4.89 Å². The summed E-state index contributed by atoms with van der Waals surface area (Å²) in [7, 11) is -2.32. The van der Waals surface area contributed by atoms with E-state index in [0.29, 0.717) is 0 Å². The molecule has 0 aliphatic rings. The molecular formula is C13H13NO2P+. The highest BCUT2D eigenvalue weighted by Gasteiger charge is 2.30. The summed E-state index contributed by atoms with van der Waals surface area (Å²) in [6, 6.07) is 18.7. The zero-order valence-corrected chi connectivity index (χ0v) is 10.0. The van der Waals surface area contributed by atoms with Crippen LogP contribution < -0.4 is 5.32 Å². The molecule has 2 atom stereocenters. The van der Waals surface area contributed by atoms with Gasteiger partial charge >= 0.3 is 8.03 Å². The van der Waals surface area contributed by atoms with E-state index in [1.807, 2.05) is 60.7 Å². The van der Waals surface area contributed by atoms with Gasteiger partial charge in [0.25, 0.3) is 5.78 Å². The van der Waals surface area contributed by atoms with Crippen LogP contribution in [0.4, 0.5) is 5.69 Å². The molecule has 0 spiro atoms. The highest BCUT2D eigenvalue weighted by Crippen LogP contribution is 2.37. The summed E-state index contributed by atoms with van der Waals surface area (Å²) < 4.78 is 11.4. The van der Waals surface area contributed by atoms with Gasteiger partial charge in [-0.3, -0.25) is 0 Å². The quantitative estimate of drug-likeness (QED) is 0.811. The number of anilines is 1. The summed E-state index contributed by atoms with van der Waals surface area (Å²) in [5.41, 5.74) is 1.64. The van der Waals surface area contributed by atoms with Crippen molar-refractivity contribution >= 4 is 13.7 Å². The Hall–Kier alpha value is -1.70. The van der Waals surface area contributed by atoms with E-state index in [4.69, 9.17) is 0 Å². The third-order valence-electron chi connectivity index (χ3n) is 2.41. The second-order valence-corrected chi connectivity index (χ2v) is 4.75. The second-order valence-electron chi connectivity index (χ2n) is 3.63. The maximum absolute atomic E-state index is 11.4. The average Bonchev–Trinajstić information content (AvgIpc) is 2.38. The summed E-state index contributed by atoms with van der Waals surface area (Å²) >= 11 is 0. The van der Waals surface area contributed by atoms with Crippen LogP contribution in [0.3, 0.4) is 0 Å². The van der Waals surface area contributed by atoms with E-state index in [-0.39, 0.29) is 0 Å². The van der Waals surface area contributed by atoms with Crippen molar-refractivity contribution in [2.75, 3.05) is 5.32 Å². The number of hydrogen-bond donors (Lipinski definition) is 2. The van der Waals surface area contributed by atoms with Crippen LogP contribution in [0.25, 0.3) is 0 Å². The first-order valence-electron chi connectivity index (χ1n) is 5.29. The monoisotopic (exact) mass is 246 g/mol. The van der Waals surface area contributed by atoms with Gasteiger partial charge in [0.05, 0.1) is 0 Å². The summed E-state index contributed by atoms with van der Waals surface area (Å²) in [4.78, 5) is 9.37. The smallest absolute Gasteiger partial charge is 0.336 e. The van der Waals surface area contributed by atoms with Gasteiger partial charge in [0.15, 0.2) is 0 Å². The summed E-state index contributed by atoms with van der Waals surface area (Å²) in [6.07, 6.45) is 0. The van der Waals surface area contributed by atoms with Gasteiger partial charge in [-0.15, -0.1) is 0 Å². The molecule has 0 aliphatic carbocycles. The first-order valence-corrected chi connectivity index (χ1v) is 6.57. The molecule has 0 amide bonds. The molecule has 2 rings (SSSR count). The Bertz CT molecular complexity index is 487. The van der Waals surface area contributed by atoms with Crippen molar-refractivity contribution < 1.29 is 9.46 Å². The van der Waals surface area contributed by atoms with Crippen molar-refractivity contribution in [3.8, 4) is 0 Å². The zero-order chi connectivity index (χ0) is 12.1. The summed E-state index contributed by atoms with van der Waals surface area (Å²) in [5.74, 6) is -0.575. The molecule has 0 heterocycles. The number of para-hydroxylation sites is 1. The third-order valence-corrected chi connectivity index (χ3v) is 3.28. The Morgan fingerprint density at radius 2 is 1.47 bits per heavy atom. The highest BCUT2D eigenvalue weighted by molar-refractivity contribution is 7.38. The molecule has 0 aromatic heterocycles. The van der Waals surface area contributed by atoms with Gasteiger partial charge in [-0.1, -0.05) is 48.5 Å². The van der Waals surface area contributed by atoms with Gasteiger partial charge in [0, 0.05) is 11.3 Å². The summed E-state index contributed by atoms with van der Waals surface area (Å²) in [6.45, 7) is 0. The fraction of sp³-hybridized carbons (Fsp3) is 0.0769. The van der Waals surface area contributed by atoms with Crippen molar-refractivity contribution in [1.29, 1.82) is 0 Å². The van der Waals surface area contributed by atoms with Crippen LogP contribution >= 0.6 is 8.03 Å². The maximum Gasteiger partial charge on any atom is 0.535 e. The second kappa shape index (κ2) is 5.58. The van der Waals surface area contributed by atoms with E-state index in [0.717, 1.165) is 11.3 Å². The topological polar surface area (TPSA) is 49.3 Å². The van der Waals surface area contributed by atoms with E-state index >= 15 is 0 Å². The predicted molar refractivity (Wildman–Crippen MR) is 69.1 cm³/mol. The molecule has 2 aromatic carbocycles. The van der Waals surface area contributed by atoms with Gasteiger partial charge in [-0.25, -0.2) is 0 Å². The first kappa shape index (κ1) is 11.8. The molecule has 86 valence electrons. The third kappa shape index (κ3) is 3.13. The molecule has 0 saturated heterocycles. The molecule has 0 saturated carbocycles. The maximum atomic E-state index is 11.4. The number of rotatable bonds is 4. The zero-order valence-electron chi connectivity index (χ0n) is 9.15. The molecule has 2 N–H and O–H groups in total. The molecule has 2 aromatic rings. The molecule has 2 unspecified atom stereocenters. The van der Waals surface area contributed by atoms with E-state index in [2.05, 4.69) is 5.32 Å². The number of hydrogen-bond acceptors (Lipinski definition) is 2. The van der Waals surface area contributed by atoms with Crippen LogP contribution in [-0.4, -0.2) is 4.89 Å². The number of benzene rings is 2. The first-order chi connectivity index (χ1) is 8.27. The molecular weight excluding hydrogens is 233 g/mol. The minimum absolute atomic E-state index is 0.575. The van der Waals surface area contributed by atoms with Crippen molar-refractivity contribution in [3.63, 3.8) is 0 Å². The van der Waals surface area contributed by atoms with Crippen molar-refractivity contribution in [1.82, 2.24) is 0 Å². The van der Waals surface area contributed by atoms with Gasteiger partial charge in [0.2, 0.25) is 0 Å². The lowest BCUT2D eigenvalue weighted by molar-refractivity contribution is 0.494. The lowest BCUT2D eigenvalue weighted by atomic mass is 10.2. The Kier molecular flexibility index (Phi) is 3.86. The minimum atomic E-state index is -2.32. The normalized spacial score (nSPS) is 12.9. The van der Waals surface area contributed by atoms with Gasteiger partial charge in [-0.05, 0) is 16.7 Å². The lowest BCUT2D eigenvalue weighted by Gasteiger charge is -2.09. The fourth-order valence-corrected chi connectivity index (χ4v) is 2.28. The number of nitrogens with one attached hydrogen (secondary N) is 1. The standard InChI is InChI=1S/C13H12NO2P/c15-17(16)13(11-7-3-1-4-8-11)14-12-9-5-2-6-10-12/h1-10,13-14H/p+1. The summed E-state index contributed by atoms with van der Waals surface area (Å²) in [5, 5.41) is 3.06. The SMILES string of the molecule is O=[P+](O)C(Nc1ccccc1)c1ccccc1. The molecule has 0 bridgehead atoms. The van der Waals surface area contributed by atoms with Crippen LogP contribution in [-0.2, 0) is 4.57 Å². The highest BCUT2D eigenvalue weighted by atomic mass is 31.1. The predicted octanol–water partition coefficient (Wildman–Crippen LogP) is 3.53. The largest absolute Gasteiger partial charge is 0.535 e. The van der Waals surface area contributed by atoms with Gasteiger partial charge < -0.3 is 5.32 Å². The average molecular weight is 246 g/mol. The van der Waals surface area contributed by atoms with Crippen LogP contribution in [0.2, 0.25) is 0 Å². The Morgan fingerprint density at radius 3 is 2.00 bits per heavy atom. The molecule has 0 radical (unpaired) electrons.